The first kappa shape index (κ1) is 13.5. The Balaban J connectivity index is 2.14. The van der Waals surface area contributed by atoms with E-state index >= 15 is 0 Å². The molecule has 0 aliphatic rings. The molecule has 0 atom stereocenters. The standard InChI is InChI=1S/C15H19N3O/c1-2-3-4-5-6-14-17-13(11-15(19)18-14)12-7-9-16-10-8-12/h7-11H,2-6H2,1H3,(H,17,18,19). The van der Waals surface area contributed by atoms with E-state index in [9.17, 15) is 4.79 Å². The molecule has 0 amide bonds. The Hall–Kier alpha value is -1.97. The van der Waals surface area contributed by atoms with E-state index in [4.69, 9.17) is 0 Å². The highest BCUT2D eigenvalue weighted by Crippen LogP contribution is 2.14. The predicted molar refractivity (Wildman–Crippen MR) is 75.9 cm³/mol. The predicted octanol–water partition coefficient (Wildman–Crippen LogP) is 2.95. The van der Waals surface area contributed by atoms with Gasteiger partial charge in [-0.05, 0) is 18.6 Å². The van der Waals surface area contributed by atoms with Gasteiger partial charge in [0.25, 0.3) is 5.56 Å². The second-order valence-electron chi connectivity index (χ2n) is 4.62. The lowest BCUT2D eigenvalue weighted by atomic mass is 10.1. The molecule has 1 N–H and O–H groups in total. The van der Waals surface area contributed by atoms with Crippen molar-refractivity contribution in [1.82, 2.24) is 15.0 Å². The molecular formula is C15H19N3O. The fraction of sp³-hybridized carbons (Fsp3) is 0.400. The number of hydrogen-bond donors (Lipinski definition) is 1. The van der Waals surface area contributed by atoms with Gasteiger partial charge in [0.05, 0.1) is 5.69 Å². The average molecular weight is 257 g/mol. The number of rotatable bonds is 6. The van der Waals surface area contributed by atoms with E-state index < -0.39 is 0 Å². The first-order chi connectivity index (χ1) is 9.29. The molecule has 0 bridgehead atoms. The summed E-state index contributed by atoms with van der Waals surface area (Å²) in [7, 11) is 0. The average Bonchev–Trinajstić information content (AvgIpc) is 2.44. The molecule has 0 fully saturated rings. The summed E-state index contributed by atoms with van der Waals surface area (Å²) in [5, 5.41) is 0. The minimum absolute atomic E-state index is 0.0905. The van der Waals surface area contributed by atoms with Crippen LogP contribution in [0.2, 0.25) is 0 Å². The van der Waals surface area contributed by atoms with E-state index in [-0.39, 0.29) is 5.56 Å². The molecule has 2 heterocycles. The summed E-state index contributed by atoms with van der Waals surface area (Å²) < 4.78 is 0. The van der Waals surface area contributed by atoms with E-state index in [0.29, 0.717) is 0 Å². The summed E-state index contributed by atoms with van der Waals surface area (Å²) in [6, 6.07) is 5.26. The van der Waals surface area contributed by atoms with Gasteiger partial charge in [0, 0.05) is 30.4 Å². The van der Waals surface area contributed by atoms with Crippen molar-refractivity contribution < 1.29 is 0 Å². The Labute approximate surface area is 112 Å². The monoisotopic (exact) mass is 257 g/mol. The number of hydrogen-bond acceptors (Lipinski definition) is 3. The summed E-state index contributed by atoms with van der Waals surface area (Å²) >= 11 is 0. The van der Waals surface area contributed by atoms with Gasteiger partial charge in [-0.15, -0.1) is 0 Å². The summed E-state index contributed by atoms with van der Waals surface area (Å²) in [6.45, 7) is 2.18. The van der Waals surface area contributed by atoms with Gasteiger partial charge >= 0.3 is 0 Å². The van der Waals surface area contributed by atoms with E-state index in [0.717, 1.165) is 29.9 Å². The molecular weight excluding hydrogens is 238 g/mol. The van der Waals surface area contributed by atoms with Crippen molar-refractivity contribution >= 4 is 0 Å². The Bertz CT molecular complexity index is 563. The largest absolute Gasteiger partial charge is 0.311 e. The highest BCUT2D eigenvalue weighted by molar-refractivity contribution is 5.57. The maximum Gasteiger partial charge on any atom is 0.251 e. The molecule has 100 valence electrons. The van der Waals surface area contributed by atoms with Crippen LogP contribution in [0, 0.1) is 0 Å². The molecule has 0 unspecified atom stereocenters. The van der Waals surface area contributed by atoms with Crippen LogP contribution in [0.1, 0.15) is 38.4 Å². The number of H-pyrrole nitrogens is 1. The Morgan fingerprint density at radius 2 is 1.95 bits per heavy atom. The van der Waals surface area contributed by atoms with Crippen LogP contribution in [0.15, 0.2) is 35.4 Å². The molecule has 0 aliphatic carbocycles. The molecule has 19 heavy (non-hydrogen) atoms. The number of aromatic amines is 1. The maximum absolute atomic E-state index is 11.7. The van der Waals surface area contributed by atoms with Crippen LogP contribution in [0.25, 0.3) is 11.3 Å². The molecule has 2 rings (SSSR count). The third-order valence-electron chi connectivity index (χ3n) is 3.03. The van der Waals surface area contributed by atoms with Gasteiger partial charge in [-0.25, -0.2) is 4.98 Å². The lowest BCUT2D eigenvalue weighted by molar-refractivity contribution is 0.651. The summed E-state index contributed by atoms with van der Waals surface area (Å²) in [4.78, 5) is 23.0. The van der Waals surface area contributed by atoms with Crippen LogP contribution < -0.4 is 5.56 Å². The van der Waals surface area contributed by atoms with Crippen molar-refractivity contribution in [2.75, 3.05) is 0 Å². The zero-order valence-electron chi connectivity index (χ0n) is 11.2. The Morgan fingerprint density at radius 1 is 1.16 bits per heavy atom. The first-order valence-electron chi connectivity index (χ1n) is 6.80. The number of nitrogens with zero attached hydrogens (tertiary/aromatic N) is 2. The number of aryl methyl sites for hydroxylation is 1. The number of aromatic nitrogens is 3. The minimum atomic E-state index is -0.0905. The zero-order chi connectivity index (χ0) is 13.5. The Morgan fingerprint density at radius 3 is 2.68 bits per heavy atom. The first-order valence-corrected chi connectivity index (χ1v) is 6.80. The second kappa shape index (κ2) is 6.83. The van der Waals surface area contributed by atoms with Crippen molar-refractivity contribution in [2.24, 2.45) is 0 Å². The van der Waals surface area contributed by atoms with Crippen molar-refractivity contribution in [2.45, 2.75) is 39.0 Å². The minimum Gasteiger partial charge on any atom is -0.311 e. The van der Waals surface area contributed by atoms with E-state index in [2.05, 4.69) is 21.9 Å². The lowest BCUT2D eigenvalue weighted by Gasteiger charge is -2.04. The maximum atomic E-state index is 11.7. The molecule has 0 spiro atoms. The molecule has 4 nitrogen and oxygen atoms in total. The van der Waals surface area contributed by atoms with Crippen molar-refractivity contribution in [3.63, 3.8) is 0 Å². The zero-order valence-corrected chi connectivity index (χ0v) is 11.2. The van der Waals surface area contributed by atoms with Crippen molar-refractivity contribution in [1.29, 1.82) is 0 Å². The van der Waals surface area contributed by atoms with Crippen molar-refractivity contribution in [3.05, 3.63) is 46.8 Å². The Kier molecular flexibility index (Phi) is 4.84. The molecule has 2 aromatic rings. The normalized spacial score (nSPS) is 10.6. The third kappa shape index (κ3) is 4.02. The highest BCUT2D eigenvalue weighted by Gasteiger charge is 2.03. The smallest absolute Gasteiger partial charge is 0.251 e. The second-order valence-corrected chi connectivity index (χ2v) is 4.62. The lowest BCUT2D eigenvalue weighted by Crippen LogP contribution is -2.11. The fourth-order valence-corrected chi connectivity index (χ4v) is 2.02. The van der Waals surface area contributed by atoms with E-state index in [1.807, 2.05) is 12.1 Å². The molecule has 0 aliphatic heterocycles. The molecule has 0 saturated carbocycles. The van der Waals surface area contributed by atoms with Gasteiger partial charge in [0.1, 0.15) is 5.82 Å². The molecule has 4 heteroatoms. The highest BCUT2D eigenvalue weighted by atomic mass is 16.1. The number of pyridine rings is 1. The molecule has 0 saturated heterocycles. The topological polar surface area (TPSA) is 58.6 Å². The summed E-state index contributed by atoms with van der Waals surface area (Å²) in [5.41, 5.74) is 1.56. The van der Waals surface area contributed by atoms with Gasteiger partial charge in [0.2, 0.25) is 0 Å². The summed E-state index contributed by atoms with van der Waals surface area (Å²) in [6.07, 6.45) is 8.93. The van der Waals surface area contributed by atoms with Gasteiger partial charge in [-0.3, -0.25) is 9.78 Å². The SMILES string of the molecule is CCCCCCc1nc(-c2ccncc2)cc(=O)[nH]1. The third-order valence-corrected chi connectivity index (χ3v) is 3.03. The summed E-state index contributed by atoms with van der Waals surface area (Å²) in [5.74, 6) is 0.774. The van der Waals surface area contributed by atoms with Crippen molar-refractivity contribution in [3.8, 4) is 11.3 Å². The van der Waals surface area contributed by atoms with Crippen LogP contribution in [0.3, 0.4) is 0 Å². The van der Waals surface area contributed by atoms with Gasteiger partial charge in [-0.1, -0.05) is 26.2 Å². The quantitative estimate of drug-likeness (QED) is 0.809. The van der Waals surface area contributed by atoms with Gasteiger partial charge in [0.15, 0.2) is 0 Å². The molecule has 0 radical (unpaired) electrons. The van der Waals surface area contributed by atoms with Crippen LogP contribution >= 0.6 is 0 Å². The molecule has 0 aromatic carbocycles. The van der Waals surface area contributed by atoms with E-state index in [1.165, 1.54) is 25.3 Å². The van der Waals surface area contributed by atoms with E-state index in [1.54, 1.807) is 12.4 Å². The van der Waals surface area contributed by atoms with Crippen LogP contribution in [0.4, 0.5) is 0 Å². The fourth-order valence-electron chi connectivity index (χ4n) is 2.02. The van der Waals surface area contributed by atoms with Crippen LogP contribution in [0.5, 0.6) is 0 Å². The number of nitrogens with one attached hydrogen (secondary N) is 1. The van der Waals surface area contributed by atoms with Crippen LogP contribution in [-0.4, -0.2) is 15.0 Å². The van der Waals surface area contributed by atoms with Crippen LogP contribution in [-0.2, 0) is 6.42 Å². The number of unbranched alkanes of at least 4 members (excludes halogenated alkanes) is 3. The van der Waals surface area contributed by atoms with Gasteiger partial charge in [-0.2, -0.15) is 0 Å². The van der Waals surface area contributed by atoms with Gasteiger partial charge < -0.3 is 4.98 Å². The molecule has 2 aromatic heterocycles.